The normalized spacial score (nSPS) is 21.9. The summed E-state index contributed by atoms with van der Waals surface area (Å²) in [5.74, 6) is 0. The van der Waals surface area contributed by atoms with Crippen LogP contribution in [0.2, 0.25) is 5.04 Å². The molecule has 3 rings (SSSR count). The van der Waals surface area contributed by atoms with Gasteiger partial charge < -0.3 is 14.3 Å². The lowest BCUT2D eigenvalue weighted by Gasteiger charge is -2.46. The Morgan fingerprint density at radius 1 is 0.960 bits per heavy atom. The number of ether oxygens (including phenoxy) is 1. The van der Waals surface area contributed by atoms with Crippen molar-refractivity contribution in [2.45, 2.75) is 51.0 Å². The third kappa shape index (κ3) is 3.72. The number of benzene rings is 2. The SMILES string of the molecule is CC(C)(C)[Si](O[C@@H]1CCOC(O)C1)(c1ccccc1)c1ccccc1. The zero-order valence-corrected chi connectivity index (χ0v) is 16.3. The largest absolute Gasteiger partial charge is 0.404 e. The van der Waals surface area contributed by atoms with Crippen molar-refractivity contribution in [3.8, 4) is 0 Å². The molecule has 0 aliphatic carbocycles. The molecule has 4 heteroatoms. The fraction of sp³-hybridized carbons (Fsp3) is 0.429. The first-order valence-corrected chi connectivity index (χ1v) is 10.9. The van der Waals surface area contributed by atoms with Gasteiger partial charge in [-0.3, -0.25) is 0 Å². The second-order valence-corrected chi connectivity index (χ2v) is 12.0. The molecular formula is C21H28O3Si. The van der Waals surface area contributed by atoms with E-state index in [1.165, 1.54) is 10.4 Å². The van der Waals surface area contributed by atoms with E-state index in [0.29, 0.717) is 13.0 Å². The van der Waals surface area contributed by atoms with Crippen molar-refractivity contribution in [2.75, 3.05) is 6.61 Å². The van der Waals surface area contributed by atoms with Crippen LogP contribution in [-0.2, 0) is 9.16 Å². The highest BCUT2D eigenvalue weighted by Crippen LogP contribution is 2.38. The second kappa shape index (κ2) is 7.42. The Labute approximate surface area is 151 Å². The number of hydrogen-bond donors (Lipinski definition) is 1. The lowest BCUT2D eigenvalue weighted by atomic mass is 10.1. The molecule has 25 heavy (non-hydrogen) atoms. The summed E-state index contributed by atoms with van der Waals surface area (Å²) < 4.78 is 12.3. The van der Waals surface area contributed by atoms with E-state index in [-0.39, 0.29) is 11.1 Å². The highest BCUT2D eigenvalue weighted by Gasteiger charge is 2.51. The topological polar surface area (TPSA) is 38.7 Å². The molecule has 1 aliphatic heterocycles. The Bertz CT molecular complexity index is 627. The van der Waals surface area contributed by atoms with Gasteiger partial charge in [0.2, 0.25) is 0 Å². The predicted octanol–water partition coefficient (Wildman–Crippen LogP) is 3.06. The predicted molar refractivity (Wildman–Crippen MR) is 104 cm³/mol. The smallest absolute Gasteiger partial charge is 0.261 e. The Balaban J connectivity index is 2.12. The Morgan fingerprint density at radius 3 is 1.92 bits per heavy atom. The summed E-state index contributed by atoms with van der Waals surface area (Å²) in [5.41, 5.74) is 0. The summed E-state index contributed by atoms with van der Waals surface area (Å²) >= 11 is 0. The van der Waals surface area contributed by atoms with Crippen LogP contribution in [0.5, 0.6) is 0 Å². The van der Waals surface area contributed by atoms with Crippen molar-refractivity contribution in [1.29, 1.82) is 0 Å². The maximum Gasteiger partial charge on any atom is 0.261 e. The molecule has 1 saturated heterocycles. The van der Waals surface area contributed by atoms with Crippen molar-refractivity contribution in [3.63, 3.8) is 0 Å². The second-order valence-electron chi connectivity index (χ2n) is 7.75. The van der Waals surface area contributed by atoms with Gasteiger partial charge in [0.15, 0.2) is 6.29 Å². The summed E-state index contributed by atoms with van der Waals surface area (Å²) in [4.78, 5) is 0. The Morgan fingerprint density at radius 2 is 1.48 bits per heavy atom. The average molecular weight is 357 g/mol. The minimum absolute atomic E-state index is 0.00931. The van der Waals surface area contributed by atoms with Crippen molar-refractivity contribution < 1.29 is 14.3 Å². The quantitative estimate of drug-likeness (QED) is 0.856. The van der Waals surface area contributed by atoms with Crippen LogP contribution < -0.4 is 10.4 Å². The van der Waals surface area contributed by atoms with Gasteiger partial charge >= 0.3 is 0 Å². The molecule has 3 nitrogen and oxygen atoms in total. The standard InChI is InChI=1S/C21H28O3Si/c1-21(2,3)25(18-10-6-4-7-11-18,19-12-8-5-9-13-19)24-17-14-15-23-20(22)16-17/h4-13,17,20,22H,14-16H2,1-3H3/t17-,20?/m1/s1. The van der Waals surface area contributed by atoms with Gasteiger partial charge in [0, 0.05) is 6.42 Å². The van der Waals surface area contributed by atoms with Crippen LogP contribution >= 0.6 is 0 Å². The number of aliphatic hydroxyl groups excluding tert-OH is 1. The first kappa shape index (κ1) is 18.3. The first-order chi connectivity index (χ1) is 11.9. The van der Waals surface area contributed by atoms with Crippen LogP contribution in [0.4, 0.5) is 0 Å². The maximum absolute atomic E-state index is 9.93. The summed E-state index contributed by atoms with van der Waals surface area (Å²) in [6.07, 6.45) is 0.638. The summed E-state index contributed by atoms with van der Waals surface area (Å²) in [6, 6.07) is 21.2. The molecule has 2 aromatic rings. The lowest BCUT2D eigenvalue weighted by molar-refractivity contribution is -0.149. The van der Waals surface area contributed by atoms with Crippen molar-refractivity contribution in [2.24, 2.45) is 0 Å². The fourth-order valence-electron chi connectivity index (χ4n) is 3.79. The lowest BCUT2D eigenvalue weighted by Crippen LogP contribution is -2.68. The summed E-state index contributed by atoms with van der Waals surface area (Å²) in [6.45, 7) is 7.36. The van der Waals surface area contributed by atoms with Gasteiger partial charge in [-0.2, -0.15) is 0 Å². The van der Waals surface area contributed by atoms with Gasteiger partial charge in [-0.25, -0.2) is 0 Å². The van der Waals surface area contributed by atoms with Gasteiger partial charge in [0.1, 0.15) is 0 Å². The molecule has 2 aromatic carbocycles. The maximum atomic E-state index is 9.93. The van der Waals surface area contributed by atoms with Crippen LogP contribution in [0.1, 0.15) is 33.6 Å². The van der Waals surface area contributed by atoms with Crippen molar-refractivity contribution in [3.05, 3.63) is 60.7 Å². The van der Waals surface area contributed by atoms with Crippen LogP contribution in [-0.4, -0.2) is 32.4 Å². The van der Waals surface area contributed by atoms with E-state index >= 15 is 0 Å². The molecule has 1 aliphatic rings. The van der Waals surface area contributed by atoms with Gasteiger partial charge in [0.05, 0.1) is 12.7 Å². The monoisotopic (exact) mass is 356 g/mol. The number of rotatable bonds is 4. The summed E-state index contributed by atoms with van der Waals surface area (Å²) in [5, 5.41) is 12.4. The molecule has 0 aromatic heterocycles. The third-order valence-electron chi connectivity index (χ3n) is 4.97. The zero-order chi connectivity index (χ0) is 17.9. The van der Waals surface area contributed by atoms with Crippen LogP contribution in [0.3, 0.4) is 0 Å². The molecule has 1 heterocycles. The fourth-order valence-corrected chi connectivity index (χ4v) is 8.52. The molecule has 2 atom stereocenters. The van der Waals surface area contributed by atoms with Gasteiger partial charge in [0.25, 0.3) is 8.32 Å². The highest BCUT2D eigenvalue weighted by atomic mass is 28.4. The van der Waals surface area contributed by atoms with Crippen LogP contribution in [0.25, 0.3) is 0 Å². The van der Waals surface area contributed by atoms with Crippen molar-refractivity contribution in [1.82, 2.24) is 0 Å². The average Bonchev–Trinajstić information content (AvgIpc) is 2.60. The zero-order valence-electron chi connectivity index (χ0n) is 15.3. The minimum atomic E-state index is -2.53. The molecule has 0 amide bonds. The van der Waals surface area contributed by atoms with Gasteiger partial charge in [-0.1, -0.05) is 81.4 Å². The van der Waals surface area contributed by atoms with Gasteiger partial charge in [-0.05, 0) is 21.8 Å². The molecule has 134 valence electrons. The van der Waals surface area contributed by atoms with E-state index in [2.05, 4.69) is 81.4 Å². The molecule has 0 bridgehead atoms. The van der Waals surface area contributed by atoms with Crippen LogP contribution in [0.15, 0.2) is 60.7 Å². The van der Waals surface area contributed by atoms with E-state index in [0.717, 1.165) is 6.42 Å². The van der Waals surface area contributed by atoms with Crippen LogP contribution in [0, 0.1) is 0 Å². The molecule has 0 saturated carbocycles. The molecule has 0 radical (unpaired) electrons. The van der Waals surface area contributed by atoms with Crippen molar-refractivity contribution >= 4 is 18.7 Å². The van der Waals surface area contributed by atoms with E-state index in [4.69, 9.17) is 9.16 Å². The first-order valence-electron chi connectivity index (χ1n) is 9.02. The van der Waals surface area contributed by atoms with E-state index in [1.807, 2.05) is 0 Å². The third-order valence-corrected chi connectivity index (χ3v) is 10.1. The van der Waals surface area contributed by atoms with E-state index in [9.17, 15) is 5.11 Å². The minimum Gasteiger partial charge on any atom is -0.404 e. The molecule has 1 fully saturated rings. The Hall–Kier alpha value is -1.46. The number of aliphatic hydroxyl groups is 1. The highest BCUT2D eigenvalue weighted by molar-refractivity contribution is 6.99. The molecular weight excluding hydrogens is 328 g/mol. The van der Waals surface area contributed by atoms with E-state index in [1.54, 1.807) is 0 Å². The molecule has 1 N–H and O–H groups in total. The number of hydrogen-bond acceptors (Lipinski definition) is 3. The summed E-state index contributed by atoms with van der Waals surface area (Å²) in [7, 11) is -2.53. The van der Waals surface area contributed by atoms with E-state index < -0.39 is 14.6 Å². The Kier molecular flexibility index (Phi) is 5.44. The molecule has 0 spiro atoms. The van der Waals surface area contributed by atoms with Gasteiger partial charge in [-0.15, -0.1) is 0 Å². The molecule has 1 unspecified atom stereocenters.